The van der Waals surface area contributed by atoms with Crippen LogP contribution < -0.4 is 10.1 Å². The van der Waals surface area contributed by atoms with Crippen LogP contribution in [0.4, 0.5) is 0 Å². The molecule has 7 nitrogen and oxygen atoms in total. The maximum Gasteiger partial charge on any atom is 0.244 e. The molecule has 0 radical (unpaired) electrons. The van der Waals surface area contributed by atoms with Crippen molar-refractivity contribution in [3.63, 3.8) is 0 Å². The van der Waals surface area contributed by atoms with Crippen LogP contribution in [0.2, 0.25) is 0 Å². The Labute approximate surface area is 104 Å². The van der Waals surface area contributed by atoms with Crippen molar-refractivity contribution in [3.8, 4) is 17.4 Å². The lowest BCUT2D eigenvalue weighted by molar-refractivity contribution is 0.344. The van der Waals surface area contributed by atoms with Crippen molar-refractivity contribution in [2.75, 3.05) is 13.7 Å². The van der Waals surface area contributed by atoms with Gasteiger partial charge in [-0.1, -0.05) is 5.16 Å². The maximum absolute atomic E-state index is 5.24. The van der Waals surface area contributed by atoms with E-state index in [0.29, 0.717) is 23.3 Å². The Bertz CT molecular complexity index is 518. The van der Waals surface area contributed by atoms with E-state index in [2.05, 4.69) is 25.7 Å². The molecule has 1 atom stereocenters. The molecule has 2 aromatic rings. The van der Waals surface area contributed by atoms with Crippen LogP contribution >= 0.6 is 0 Å². The molecule has 0 saturated carbocycles. The van der Waals surface area contributed by atoms with E-state index in [1.807, 2.05) is 0 Å². The lowest BCUT2D eigenvalue weighted by Crippen LogP contribution is -2.12. The molecule has 1 aliphatic heterocycles. The zero-order valence-electron chi connectivity index (χ0n) is 9.96. The van der Waals surface area contributed by atoms with Crippen LogP contribution in [0.1, 0.15) is 24.8 Å². The normalized spacial score (nSPS) is 19.1. The molecule has 1 N–H and O–H groups in total. The molecule has 1 aliphatic rings. The summed E-state index contributed by atoms with van der Waals surface area (Å²) in [6.45, 7) is 0.991. The van der Waals surface area contributed by atoms with Crippen molar-refractivity contribution in [2.24, 2.45) is 0 Å². The Balaban J connectivity index is 1.82. The summed E-state index contributed by atoms with van der Waals surface area (Å²) in [6, 6.07) is 3.63. The first-order valence-electron chi connectivity index (χ1n) is 5.82. The Hall–Kier alpha value is -2.02. The van der Waals surface area contributed by atoms with Crippen molar-refractivity contribution < 1.29 is 9.26 Å². The molecule has 7 heteroatoms. The number of nitrogens with zero attached hydrogens (tertiary/aromatic N) is 4. The van der Waals surface area contributed by atoms with Gasteiger partial charge in [0, 0.05) is 6.07 Å². The van der Waals surface area contributed by atoms with E-state index >= 15 is 0 Å². The highest BCUT2D eigenvalue weighted by molar-refractivity contribution is 5.47. The number of rotatable bonds is 3. The fourth-order valence-corrected chi connectivity index (χ4v) is 1.92. The maximum atomic E-state index is 5.24. The third-order valence-corrected chi connectivity index (χ3v) is 2.88. The van der Waals surface area contributed by atoms with Crippen LogP contribution in [-0.2, 0) is 0 Å². The predicted molar refractivity (Wildman–Crippen MR) is 61.9 cm³/mol. The highest BCUT2D eigenvalue weighted by Crippen LogP contribution is 2.23. The van der Waals surface area contributed by atoms with Gasteiger partial charge in [0.1, 0.15) is 5.69 Å². The van der Waals surface area contributed by atoms with Crippen molar-refractivity contribution in [1.82, 2.24) is 25.7 Å². The second-order valence-electron chi connectivity index (χ2n) is 4.07. The van der Waals surface area contributed by atoms with Crippen LogP contribution in [-0.4, -0.2) is 34.0 Å². The lowest BCUT2D eigenvalue weighted by Gasteiger charge is -2.01. The SMILES string of the molecule is COc1ccc(-c2noc(C3CCCN3)n2)nn1. The molecule has 94 valence electrons. The van der Waals surface area contributed by atoms with Gasteiger partial charge in [0.25, 0.3) is 0 Å². The van der Waals surface area contributed by atoms with Crippen LogP contribution in [0.5, 0.6) is 5.88 Å². The van der Waals surface area contributed by atoms with E-state index in [9.17, 15) is 0 Å². The van der Waals surface area contributed by atoms with Gasteiger partial charge in [-0.15, -0.1) is 10.2 Å². The van der Waals surface area contributed by atoms with Gasteiger partial charge in [-0.3, -0.25) is 0 Å². The number of ether oxygens (including phenoxy) is 1. The molecular weight excluding hydrogens is 234 g/mol. The summed E-state index contributed by atoms with van der Waals surface area (Å²) in [7, 11) is 1.54. The summed E-state index contributed by atoms with van der Waals surface area (Å²) in [4.78, 5) is 4.33. The molecule has 1 saturated heterocycles. The average molecular weight is 247 g/mol. The summed E-state index contributed by atoms with van der Waals surface area (Å²) in [5, 5.41) is 15.1. The van der Waals surface area contributed by atoms with Crippen LogP contribution in [0.25, 0.3) is 11.5 Å². The quantitative estimate of drug-likeness (QED) is 0.864. The molecular formula is C11H13N5O2. The second kappa shape index (κ2) is 4.69. The molecule has 0 aromatic carbocycles. The summed E-state index contributed by atoms with van der Waals surface area (Å²) >= 11 is 0. The fraction of sp³-hybridized carbons (Fsp3) is 0.455. The van der Waals surface area contributed by atoms with Gasteiger partial charge >= 0.3 is 0 Å². The number of nitrogens with one attached hydrogen (secondary N) is 1. The number of hydrogen-bond donors (Lipinski definition) is 1. The highest BCUT2D eigenvalue weighted by Gasteiger charge is 2.23. The molecule has 0 bridgehead atoms. The predicted octanol–water partition coefficient (Wildman–Crippen LogP) is 0.960. The molecule has 18 heavy (non-hydrogen) atoms. The van der Waals surface area contributed by atoms with Gasteiger partial charge in [0.2, 0.25) is 17.6 Å². The molecule has 0 spiro atoms. The lowest BCUT2D eigenvalue weighted by atomic mass is 10.2. The van der Waals surface area contributed by atoms with Crippen molar-refractivity contribution in [2.45, 2.75) is 18.9 Å². The molecule has 3 rings (SSSR count). The minimum atomic E-state index is 0.164. The third kappa shape index (κ3) is 2.04. The summed E-state index contributed by atoms with van der Waals surface area (Å²) in [6.07, 6.45) is 2.15. The Morgan fingerprint density at radius 3 is 3.00 bits per heavy atom. The van der Waals surface area contributed by atoms with Gasteiger partial charge in [-0.2, -0.15) is 4.98 Å². The highest BCUT2D eigenvalue weighted by atomic mass is 16.5. The Kier molecular flexibility index (Phi) is 2.89. The number of methoxy groups -OCH3 is 1. The van der Waals surface area contributed by atoms with Gasteiger partial charge in [0.15, 0.2) is 0 Å². The zero-order chi connectivity index (χ0) is 12.4. The smallest absolute Gasteiger partial charge is 0.244 e. The summed E-state index contributed by atoms with van der Waals surface area (Å²) in [5.41, 5.74) is 0.573. The van der Waals surface area contributed by atoms with Gasteiger partial charge in [-0.05, 0) is 25.5 Å². The van der Waals surface area contributed by atoms with E-state index in [4.69, 9.17) is 9.26 Å². The van der Waals surface area contributed by atoms with Gasteiger partial charge in [-0.25, -0.2) is 0 Å². The topological polar surface area (TPSA) is 86.0 Å². The average Bonchev–Trinajstić information content (AvgIpc) is 3.09. The van der Waals surface area contributed by atoms with E-state index in [1.54, 1.807) is 19.2 Å². The molecule has 1 unspecified atom stereocenters. The largest absolute Gasteiger partial charge is 0.480 e. The minimum absolute atomic E-state index is 0.164. The third-order valence-electron chi connectivity index (χ3n) is 2.88. The zero-order valence-corrected chi connectivity index (χ0v) is 9.96. The van der Waals surface area contributed by atoms with Crippen molar-refractivity contribution in [3.05, 3.63) is 18.0 Å². The molecule has 3 heterocycles. The number of aromatic nitrogens is 4. The van der Waals surface area contributed by atoms with Crippen LogP contribution in [0.15, 0.2) is 16.7 Å². The molecule has 1 fully saturated rings. The van der Waals surface area contributed by atoms with E-state index < -0.39 is 0 Å². The number of hydrogen-bond acceptors (Lipinski definition) is 7. The van der Waals surface area contributed by atoms with E-state index in [0.717, 1.165) is 19.4 Å². The van der Waals surface area contributed by atoms with Gasteiger partial charge in [0.05, 0.1) is 13.2 Å². The Morgan fingerprint density at radius 1 is 1.39 bits per heavy atom. The van der Waals surface area contributed by atoms with Gasteiger partial charge < -0.3 is 14.6 Å². The van der Waals surface area contributed by atoms with E-state index in [-0.39, 0.29) is 6.04 Å². The first-order chi connectivity index (χ1) is 8.86. The van der Waals surface area contributed by atoms with Crippen LogP contribution in [0.3, 0.4) is 0 Å². The standard InChI is InChI=1S/C11H13N5O2/c1-17-9-5-4-7(14-15-9)10-13-11(18-16-10)8-3-2-6-12-8/h4-5,8,12H,2-3,6H2,1H3. The Morgan fingerprint density at radius 2 is 2.33 bits per heavy atom. The minimum Gasteiger partial charge on any atom is -0.480 e. The molecule has 0 aliphatic carbocycles. The summed E-state index contributed by atoms with van der Waals surface area (Å²) in [5.74, 6) is 1.52. The van der Waals surface area contributed by atoms with E-state index in [1.165, 1.54) is 0 Å². The first-order valence-corrected chi connectivity index (χ1v) is 5.82. The second-order valence-corrected chi connectivity index (χ2v) is 4.07. The fourth-order valence-electron chi connectivity index (χ4n) is 1.92. The molecule has 0 amide bonds. The molecule has 2 aromatic heterocycles. The summed E-state index contributed by atoms with van der Waals surface area (Å²) < 4.78 is 10.2. The monoisotopic (exact) mass is 247 g/mol. The van der Waals surface area contributed by atoms with Crippen LogP contribution in [0, 0.1) is 0 Å². The van der Waals surface area contributed by atoms with Crippen molar-refractivity contribution >= 4 is 0 Å². The van der Waals surface area contributed by atoms with Crippen molar-refractivity contribution in [1.29, 1.82) is 0 Å². The first kappa shape index (κ1) is 11.1.